The minimum atomic E-state index is 0.236. The molecule has 3 heteroatoms. The Hall–Kier alpha value is -0.670. The molecule has 2 nitrogen and oxygen atoms in total. The first-order valence-corrected chi connectivity index (χ1v) is 7.55. The van der Waals surface area contributed by atoms with E-state index in [0.717, 1.165) is 31.6 Å². The second-order valence-electron chi connectivity index (χ2n) is 4.40. The summed E-state index contributed by atoms with van der Waals surface area (Å²) in [6.07, 6.45) is 3.29. The van der Waals surface area contributed by atoms with Crippen LogP contribution >= 0.6 is 11.8 Å². The molecule has 1 atom stereocenters. The van der Waals surface area contributed by atoms with Crippen LogP contribution in [0.25, 0.3) is 0 Å². The molecule has 1 aromatic carbocycles. The Labute approximate surface area is 108 Å². The van der Waals surface area contributed by atoms with Gasteiger partial charge in [-0.3, -0.25) is 0 Å². The van der Waals surface area contributed by atoms with Crippen LogP contribution in [0.1, 0.15) is 36.9 Å². The number of thioether (sulfide) groups is 1. The normalized spacial score (nSPS) is 18.1. The molecule has 0 saturated carbocycles. The molecule has 0 aliphatic heterocycles. The molecular weight excluding hydrogens is 230 g/mol. The zero-order valence-corrected chi connectivity index (χ0v) is 11.3. The molecule has 0 spiro atoms. The van der Waals surface area contributed by atoms with Gasteiger partial charge in [-0.05, 0) is 54.0 Å². The third-order valence-electron chi connectivity index (χ3n) is 3.14. The van der Waals surface area contributed by atoms with Crippen LogP contribution in [-0.4, -0.2) is 18.1 Å². The quantitative estimate of drug-likeness (QED) is 0.789. The predicted molar refractivity (Wildman–Crippen MR) is 74.8 cm³/mol. The van der Waals surface area contributed by atoms with Gasteiger partial charge in [0.25, 0.3) is 0 Å². The Morgan fingerprint density at radius 3 is 3.18 bits per heavy atom. The molecule has 1 aromatic rings. The zero-order valence-electron chi connectivity index (χ0n) is 10.4. The molecule has 0 bridgehead atoms. The van der Waals surface area contributed by atoms with Crippen LogP contribution in [0.4, 0.5) is 0 Å². The number of fused-ring (bicyclic) bond motifs is 1. The fourth-order valence-electron chi connectivity index (χ4n) is 2.21. The van der Waals surface area contributed by atoms with E-state index >= 15 is 0 Å². The van der Waals surface area contributed by atoms with Crippen molar-refractivity contribution in [2.75, 3.05) is 18.1 Å². The van der Waals surface area contributed by atoms with Crippen LogP contribution in [0, 0.1) is 0 Å². The fraction of sp³-hybridized carbons (Fsp3) is 0.571. The van der Waals surface area contributed by atoms with Gasteiger partial charge in [0.05, 0.1) is 6.61 Å². The van der Waals surface area contributed by atoms with Crippen molar-refractivity contribution < 1.29 is 4.74 Å². The molecule has 0 radical (unpaired) electrons. The molecule has 1 aliphatic rings. The Morgan fingerprint density at radius 2 is 2.35 bits per heavy atom. The SMILES string of the molecule is CCSCCCOc1ccc2c(c1)CC[C@@H]2N. The van der Waals surface area contributed by atoms with Crippen molar-refractivity contribution in [1.82, 2.24) is 0 Å². The van der Waals surface area contributed by atoms with E-state index in [4.69, 9.17) is 10.5 Å². The highest BCUT2D eigenvalue weighted by molar-refractivity contribution is 7.99. The minimum Gasteiger partial charge on any atom is -0.494 e. The van der Waals surface area contributed by atoms with Crippen molar-refractivity contribution in [1.29, 1.82) is 0 Å². The van der Waals surface area contributed by atoms with Gasteiger partial charge in [-0.1, -0.05) is 13.0 Å². The van der Waals surface area contributed by atoms with E-state index in [9.17, 15) is 0 Å². The number of hydrogen-bond acceptors (Lipinski definition) is 3. The topological polar surface area (TPSA) is 35.2 Å². The van der Waals surface area contributed by atoms with Crippen molar-refractivity contribution in [2.45, 2.75) is 32.2 Å². The Kier molecular flexibility index (Phi) is 4.75. The monoisotopic (exact) mass is 251 g/mol. The van der Waals surface area contributed by atoms with Gasteiger partial charge < -0.3 is 10.5 Å². The van der Waals surface area contributed by atoms with Gasteiger partial charge in [0.2, 0.25) is 0 Å². The number of aryl methyl sites for hydroxylation is 1. The second-order valence-corrected chi connectivity index (χ2v) is 5.80. The van der Waals surface area contributed by atoms with E-state index in [-0.39, 0.29) is 6.04 Å². The van der Waals surface area contributed by atoms with Gasteiger partial charge in [-0.25, -0.2) is 0 Å². The second kappa shape index (κ2) is 6.31. The van der Waals surface area contributed by atoms with Crippen molar-refractivity contribution in [3.63, 3.8) is 0 Å². The van der Waals surface area contributed by atoms with Crippen LogP contribution in [-0.2, 0) is 6.42 Å². The number of rotatable bonds is 6. The van der Waals surface area contributed by atoms with Crippen molar-refractivity contribution >= 4 is 11.8 Å². The van der Waals surface area contributed by atoms with Crippen LogP contribution in [0.5, 0.6) is 5.75 Å². The summed E-state index contributed by atoms with van der Waals surface area (Å²) in [7, 11) is 0. The van der Waals surface area contributed by atoms with E-state index in [1.807, 2.05) is 11.8 Å². The molecule has 0 amide bonds. The molecule has 0 heterocycles. The maximum absolute atomic E-state index is 6.01. The summed E-state index contributed by atoms with van der Waals surface area (Å²) in [5, 5.41) is 0. The summed E-state index contributed by atoms with van der Waals surface area (Å²) in [4.78, 5) is 0. The molecule has 2 N–H and O–H groups in total. The van der Waals surface area contributed by atoms with Gasteiger partial charge in [-0.2, -0.15) is 11.8 Å². The molecule has 17 heavy (non-hydrogen) atoms. The zero-order chi connectivity index (χ0) is 12.1. The molecule has 0 fully saturated rings. The Morgan fingerprint density at radius 1 is 1.47 bits per heavy atom. The summed E-state index contributed by atoms with van der Waals surface area (Å²) in [5.74, 6) is 3.38. The molecule has 0 saturated heterocycles. The largest absolute Gasteiger partial charge is 0.494 e. The van der Waals surface area contributed by atoms with Gasteiger partial charge in [0.15, 0.2) is 0 Å². The predicted octanol–water partition coefficient (Wildman–Crippen LogP) is 3.15. The maximum Gasteiger partial charge on any atom is 0.119 e. The van der Waals surface area contributed by atoms with E-state index in [1.54, 1.807) is 0 Å². The van der Waals surface area contributed by atoms with E-state index in [2.05, 4.69) is 25.1 Å². The number of hydrogen-bond donors (Lipinski definition) is 1. The average Bonchev–Trinajstić information content (AvgIpc) is 2.71. The Bertz CT molecular complexity index is 367. The van der Waals surface area contributed by atoms with Gasteiger partial charge in [0, 0.05) is 6.04 Å². The van der Waals surface area contributed by atoms with Crippen molar-refractivity contribution in [3.8, 4) is 5.75 Å². The fourth-order valence-corrected chi connectivity index (χ4v) is 2.82. The summed E-state index contributed by atoms with van der Waals surface area (Å²) >= 11 is 1.97. The maximum atomic E-state index is 6.01. The lowest BCUT2D eigenvalue weighted by atomic mass is 10.1. The van der Waals surface area contributed by atoms with Gasteiger partial charge in [0.1, 0.15) is 5.75 Å². The lowest BCUT2D eigenvalue weighted by Crippen LogP contribution is -2.05. The van der Waals surface area contributed by atoms with Crippen LogP contribution in [0.3, 0.4) is 0 Å². The first-order valence-electron chi connectivity index (χ1n) is 6.40. The molecule has 0 aromatic heterocycles. The molecular formula is C14H21NOS. The third kappa shape index (κ3) is 3.39. The lowest BCUT2D eigenvalue weighted by molar-refractivity contribution is 0.318. The van der Waals surface area contributed by atoms with Gasteiger partial charge in [-0.15, -0.1) is 0 Å². The first kappa shape index (κ1) is 12.8. The molecule has 94 valence electrons. The summed E-state index contributed by atoms with van der Waals surface area (Å²) < 4.78 is 5.76. The lowest BCUT2D eigenvalue weighted by Gasteiger charge is -2.09. The Balaban J connectivity index is 1.82. The van der Waals surface area contributed by atoms with Crippen molar-refractivity contribution in [3.05, 3.63) is 29.3 Å². The van der Waals surface area contributed by atoms with Crippen LogP contribution in [0.2, 0.25) is 0 Å². The highest BCUT2D eigenvalue weighted by atomic mass is 32.2. The first-order chi connectivity index (χ1) is 8.31. The minimum absolute atomic E-state index is 0.236. The smallest absolute Gasteiger partial charge is 0.119 e. The molecule has 0 unspecified atom stereocenters. The summed E-state index contributed by atoms with van der Waals surface area (Å²) in [6.45, 7) is 3.01. The highest BCUT2D eigenvalue weighted by Crippen LogP contribution is 2.31. The van der Waals surface area contributed by atoms with Gasteiger partial charge >= 0.3 is 0 Å². The van der Waals surface area contributed by atoms with E-state index < -0.39 is 0 Å². The third-order valence-corrected chi connectivity index (χ3v) is 4.13. The number of benzene rings is 1. The average molecular weight is 251 g/mol. The van der Waals surface area contributed by atoms with Crippen molar-refractivity contribution in [2.24, 2.45) is 5.73 Å². The van der Waals surface area contributed by atoms with Crippen LogP contribution < -0.4 is 10.5 Å². The number of ether oxygens (including phenoxy) is 1. The van der Waals surface area contributed by atoms with Crippen LogP contribution in [0.15, 0.2) is 18.2 Å². The number of nitrogens with two attached hydrogens (primary N) is 1. The summed E-state index contributed by atoms with van der Waals surface area (Å²) in [6, 6.07) is 6.58. The molecule has 2 rings (SSSR count). The van der Waals surface area contributed by atoms with E-state index in [0.29, 0.717) is 0 Å². The summed E-state index contributed by atoms with van der Waals surface area (Å²) in [5.41, 5.74) is 8.69. The standard InChI is InChI=1S/C14H21NOS/c1-2-17-9-3-8-16-12-5-6-13-11(10-12)4-7-14(13)15/h5-6,10,14H,2-4,7-9,15H2,1H3/t14-/m0/s1. The van der Waals surface area contributed by atoms with E-state index in [1.165, 1.54) is 22.6 Å². The highest BCUT2D eigenvalue weighted by Gasteiger charge is 2.18. The molecule has 1 aliphatic carbocycles.